The van der Waals surface area contributed by atoms with Gasteiger partial charge < -0.3 is 9.47 Å². The van der Waals surface area contributed by atoms with Crippen molar-refractivity contribution in [2.75, 3.05) is 4.90 Å². The van der Waals surface area contributed by atoms with E-state index in [-0.39, 0.29) is 0 Å². The van der Waals surface area contributed by atoms with Crippen LogP contribution < -0.4 is 4.90 Å². The lowest BCUT2D eigenvalue weighted by Crippen LogP contribution is -2.26. The molecule has 0 bridgehead atoms. The van der Waals surface area contributed by atoms with E-state index in [0.29, 0.717) is 0 Å². The lowest BCUT2D eigenvalue weighted by molar-refractivity contribution is 0.793. The van der Waals surface area contributed by atoms with E-state index >= 15 is 0 Å². The van der Waals surface area contributed by atoms with E-state index in [9.17, 15) is 0 Å². The van der Waals surface area contributed by atoms with E-state index < -0.39 is 5.41 Å². The predicted octanol–water partition coefficient (Wildman–Crippen LogP) is 18.8. The lowest BCUT2D eigenvalue weighted by Gasteiger charge is -2.32. The number of hydrogen-bond acceptors (Lipinski definition) is 1. The summed E-state index contributed by atoms with van der Waals surface area (Å²) in [6.07, 6.45) is 0. The Hall–Kier alpha value is -9.50. The number of para-hydroxylation sites is 2. The van der Waals surface area contributed by atoms with E-state index in [0.717, 1.165) is 28.3 Å². The number of aromatic nitrogens is 1. The van der Waals surface area contributed by atoms with Crippen LogP contribution in [0.2, 0.25) is 0 Å². The summed E-state index contributed by atoms with van der Waals surface area (Å²) in [5, 5.41) is 4.99. The highest BCUT2D eigenvalue weighted by molar-refractivity contribution is 6.10. The summed E-state index contributed by atoms with van der Waals surface area (Å²) in [5.41, 5.74) is 24.0. The maximum absolute atomic E-state index is 2.49. The third-order valence-corrected chi connectivity index (χ3v) is 15.8. The molecular weight excluding hydrogens is 881 g/mol. The van der Waals surface area contributed by atoms with Crippen LogP contribution in [0.25, 0.3) is 93.9 Å². The predicted molar refractivity (Wildman–Crippen MR) is 306 cm³/mol. The Labute approximate surface area is 425 Å². The minimum absolute atomic E-state index is 0.461. The van der Waals surface area contributed by atoms with Crippen molar-refractivity contribution in [1.82, 2.24) is 4.57 Å². The average molecular weight is 927 g/mol. The highest BCUT2D eigenvalue weighted by atomic mass is 15.1. The third kappa shape index (κ3) is 6.24. The molecular formula is C71H46N2. The van der Waals surface area contributed by atoms with Crippen molar-refractivity contribution in [2.24, 2.45) is 0 Å². The number of hydrogen-bond donors (Lipinski definition) is 0. The van der Waals surface area contributed by atoms with Crippen LogP contribution >= 0.6 is 0 Å². The van der Waals surface area contributed by atoms with Crippen LogP contribution in [0.1, 0.15) is 22.3 Å². The molecule has 15 rings (SSSR count). The Balaban J connectivity index is 0.896. The van der Waals surface area contributed by atoms with Crippen molar-refractivity contribution in [3.8, 4) is 61.3 Å². The largest absolute Gasteiger partial charge is 0.310 e. The Kier molecular flexibility index (Phi) is 9.21. The van der Waals surface area contributed by atoms with Gasteiger partial charge in [0.25, 0.3) is 0 Å². The van der Waals surface area contributed by atoms with Crippen molar-refractivity contribution >= 4 is 49.6 Å². The van der Waals surface area contributed by atoms with Crippen molar-refractivity contribution in [3.05, 3.63) is 301 Å². The Bertz CT molecular complexity index is 4260. The minimum atomic E-state index is -0.461. The smallest absolute Gasteiger partial charge is 0.0726 e. The van der Waals surface area contributed by atoms with Gasteiger partial charge in [-0.2, -0.15) is 0 Å². The lowest BCUT2D eigenvalue weighted by atomic mass is 9.70. The standard InChI is InChI=1S/C71H46N2/c1-2-22-53(23-3-1)73-69-34-13-9-29-63(69)64-45-51(37-42-70(64)73)47-35-38-54(39-36-47)72(55-24-15-20-50(44-55)49-19-14-21-52(43-49)58-30-16-18-48-17-4-5-25-57(48)58)56-40-41-62-61-28-8-12-33-67(61)71(68(62)46-56)65-31-10-6-26-59(65)60-27-7-11-32-66(60)71/h1-46H. The summed E-state index contributed by atoms with van der Waals surface area (Å²) in [7, 11) is 0. The van der Waals surface area contributed by atoms with Crippen LogP contribution in [0.5, 0.6) is 0 Å². The first-order valence-electron chi connectivity index (χ1n) is 25.3. The van der Waals surface area contributed by atoms with Crippen LogP contribution in [0.3, 0.4) is 0 Å². The summed E-state index contributed by atoms with van der Waals surface area (Å²) < 4.78 is 2.38. The number of benzene rings is 12. The van der Waals surface area contributed by atoms with Gasteiger partial charge in [-0.3, -0.25) is 0 Å². The zero-order chi connectivity index (χ0) is 48.0. The Morgan fingerprint density at radius 3 is 1.52 bits per heavy atom. The van der Waals surface area contributed by atoms with Gasteiger partial charge in [0.15, 0.2) is 0 Å². The summed E-state index contributed by atoms with van der Waals surface area (Å²) in [6.45, 7) is 0. The van der Waals surface area contributed by atoms with Gasteiger partial charge in [-0.25, -0.2) is 0 Å². The molecule has 2 heteroatoms. The van der Waals surface area contributed by atoms with Crippen LogP contribution in [0.15, 0.2) is 279 Å². The molecule has 0 radical (unpaired) electrons. The van der Waals surface area contributed by atoms with E-state index in [1.54, 1.807) is 0 Å². The maximum Gasteiger partial charge on any atom is 0.0726 e. The molecule has 0 unspecified atom stereocenters. The van der Waals surface area contributed by atoms with Gasteiger partial charge in [0.2, 0.25) is 0 Å². The van der Waals surface area contributed by atoms with E-state index in [4.69, 9.17) is 0 Å². The monoisotopic (exact) mass is 926 g/mol. The van der Waals surface area contributed by atoms with Crippen LogP contribution in [-0.4, -0.2) is 4.57 Å². The number of fused-ring (bicyclic) bond motifs is 14. The zero-order valence-corrected chi connectivity index (χ0v) is 40.0. The van der Waals surface area contributed by atoms with Crippen molar-refractivity contribution in [2.45, 2.75) is 5.41 Å². The summed E-state index contributed by atoms with van der Waals surface area (Å²) >= 11 is 0. The molecule has 0 saturated heterocycles. The van der Waals surface area contributed by atoms with Crippen molar-refractivity contribution in [3.63, 3.8) is 0 Å². The summed E-state index contributed by atoms with van der Waals surface area (Å²) in [4.78, 5) is 2.46. The molecule has 2 nitrogen and oxygen atoms in total. The molecule has 1 aromatic heterocycles. The molecule has 0 amide bonds. The van der Waals surface area contributed by atoms with Gasteiger partial charge in [-0.1, -0.05) is 206 Å². The van der Waals surface area contributed by atoms with Gasteiger partial charge in [-0.05, 0) is 161 Å². The van der Waals surface area contributed by atoms with Gasteiger partial charge in [0.1, 0.15) is 0 Å². The highest BCUT2D eigenvalue weighted by Gasteiger charge is 2.51. The van der Waals surface area contributed by atoms with E-state index in [1.807, 2.05) is 0 Å². The molecule has 0 N–H and O–H groups in total. The molecule has 0 atom stereocenters. The molecule has 2 aliphatic carbocycles. The van der Waals surface area contributed by atoms with Crippen LogP contribution in [0, 0.1) is 0 Å². The fourth-order valence-corrected chi connectivity index (χ4v) is 12.6. The second-order valence-corrected chi connectivity index (χ2v) is 19.6. The summed E-state index contributed by atoms with van der Waals surface area (Å²) in [6, 6.07) is 103. The van der Waals surface area contributed by atoms with Crippen molar-refractivity contribution in [1.29, 1.82) is 0 Å². The minimum Gasteiger partial charge on any atom is -0.310 e. The first kappa shape index (κ1) is 41.3. The Morgan fingerprint density at radius 1 is 0.260 bits per heavy atom. The van der Waals surface area contributed by atoms with E-state index in [2.05, 4.69) is 289 Å². The van der Waals surface area contributed by atoms with Gasteiger partial charge in [0, 0.05) is 33.5 Å². The van der Waals surface area contributed by atoms with Gasteiger partial charge >= 0.3 is 0 Å². The molecule has 0 aliphatic heterocycles. The van der Waals surface area contributed by atoms with Crippen LogP contribution in [0.4, 0.5) is 17.1 Å². The fourth-order valence-electron chi connectivity index (χ4n) is 12.6. The second-order valence-electron chi connectivity index (χ2n) is 19.6. The second kappa shape index (κ2) is 16.3. The molecule has 0 fully saturated rings. The number of rotatable bonds is 7. The number of nitrogens with zero attached hydrogens (tertiary/aromatic N) is 2. The molecule has 1 heterocycles. The van der Waals surface area contributed by atoms with Crippen LogP contribution in [-0.2, 0) is 5.41 Å². The molecule has 13 aromatic rings. The first-order valence-corrected chi connectivity index (χ1v) is 25.3. The normalized spacial score (nSPS) is 12.8. The SMILES string of the molecule is c1ccc(-n2c3ccccc3c3cc(-c4ccc(N(c5cccc(-c6cccc(-c7cccc8ccccc78)c6)c5)c5ccc6c(c5)C5(c7ccccc7-c7ccccc75)c5ccccc5-6)cc4)ccc32)cc1. The average Bonchev–Trinajstić information content (AvgIpc) is 4.08. The highest BCUT2D eigenvalue weighted by Crippen LogP contribution is 2.63. The fraction of sp³-hybridized carbons (Fsp3) is 0.0141. The van der Waals surface area contributed by atoms with Gasteiger partial charge in [0.05, 0.1) is 16.4 Å². The maximum atomic E-state index is 2.49. The molecule has 12 aromatic carbocycles. The summed E-state index contributed by atoms with van der Waals surface area (Å²) in [5.74, 6) is 0. The quantitative estimate of drug-likeness (QED) is 0.155. The first-order chi connectivity index (χ1) is 36.2. The molecule has 1 spiro atoms. The van der Waals surface area contributed by atoms with Crippen molar-refractivity contribution < 1.29 is 0 Å². The Morgan fingerprint density at radius 2 is 0.767 bits per heavy atom. The molecule has 340 valence electrons. The topological polar surface area (TPSA) is 8.17 Å². The molecule has 73 heavy (non-hydrogen) atoms. The van der Waals surface area contributed by atoms with E-state index in [1.165, 1.54) is 105 Å². The zero-order valence-electron chi connectivity index (χ0n) is 40.0. The van der Waals surface area contributed by atoms with Gasteiger partial charge in [-0.15, -0.1) is 0 Å². The third-order valence-electron chi connectivity index (χ3n) is 15.8. The molecule has 2 aliphatic rings. The number of anilines is 3. The molecule has 0 saturated carbocycles.